The van der Waals surface area contributed by atoms with Crippen molar-refractivity contribution in [1.29, 1.82) is 0 Å². The Kier molecular flexibility index (Phi) is 3.25. The first-order chi connectivity index (χ1) is 8.49. The number of aromatic nitrogens is 1. The Hall–Kier alpha value is -2.01. The van der Waals surface area contributed by atoms with Crippen LogP contribution in [0.15, 0.2) is 30.5 Å². The van der Waals surface area contributed by atoms with Gasteiger partial charge < -0.3 is 0 Å². The number of nitro groups is 1. The van der Waals surface area contributed by atoms with Crippen molar-refractivity contribution in [2.45, 2.75) is 6.92 Å². The minimum Gasteiger partial charge on any atom is -0.258 e. The molecule has 0 aliphatic carbocycles. The molecule has 4 nitrogen and oxygen atoms in total. The molecule has 0 unspecified atom stereocenters. The average Bonchev–Trinajstić information content (AvgIpc) is 2.33. The largest absolute Gasteiger partial charge is 0.272 e. The lowest BCUT2D eigenvalue weighted by Gasteiger charge is -2.04. The van der Waals surface area contributed by atoms with E-state index >= 15 is 0 Å². The molecule has 0 fully saturated rings. The van der Waals surface area contributed by atoms with Crippen molar-refractivity contribution < 1.29 is 9.31 Å². The van der Waals surface area contributed by atoms with Gasteiger partial charge >= 0.3 is 0 Å². The number of benzene rings is 1. The Balaban J connectivity index is 2.61. The average molecular weight is 267 g/mol. The lowest BCUT2D eigenvalue weighted by molar-refractivity contribution is -0.385. The first-order valence-corrected chi connectivity index (χ1v) is 5.43. The van der Waals surface area contributed by atoms with Gasteiger partial charge in [-0.2, -0.15) is 4.39 Å². The second-order valence-corrected chi connectivity index (χ2v) is 4.19. The van der Waals surface area contributed by atoms with Crippen molar-refractivity contribution in [2.24, 2.45) is 0 Å². The van der Waals surface area contributed by atoms with Crippen molar-refractivity contribution in [3.05, 3.63) is 57.1 Å². The Bertz CT molecular complexity index is 631. The molecule has 6 heteroatoms. The van der Waals surface area contributed by atoms with Crippen LogP contribution in [0, 0.1) is 23.0 Å². The van der Waals surface area contributed by atoms with E-state index < -0.39 is 10.9 Å². The molecular weight excluding hydrogens is 259 g/mol. The van der Waals surface area contributed by atoms with E-state index in [1.165, 1.54) is 18.3 Å². The van der Waals surface area contributed by atoms with Crippen molar-refractivity contribution in [3.63, 3.8) is 0 Å². The smallest absolute Gasteiger partial charge is 0.258 e. The fourth-order valence-electron chi connectivity index (χ4n) is 1.60. The van der Waals surface area contributed by atoms with Crippen molar-refractivity contribution in [2.75, 3.05) is 0 Å². The summed E-state index contributed by atoms with van der Waals surface area (Å²) >= 11 is 5.74. The zero-order valence-electron chi connectivity index (χ0n) is 9.35. The molecule has 2 aromatic rings. The lowest BCUT2D eigenvalue weighted by atomic mass is 10.0. The van der Waals surface area contributed by atoms with Gasteiger partial charge in [0.2, 0.25) is 5.95 Å². The zero-order valence-corrected chi connectivity index (χ0v) is 10.1. The molecule has 0 aliphatic rings. The molecule has 0 N–H and O–H groups in total. The molecule has 0 bridgehead atoms. The van der Waals surface area contributed by atoms with Crippen LogP contribution >= 0.6 is 11.6 Å². The SMILES string of the molecule is Cc1ccc(-c2cc(Cl)cnc2F)cc1[N+](=O)[O-]. The van der Waals surface area contributed by atoms with E-state index in [-0.39, 0.29) is 16.3 Å². The first kappa shape index (κ1) is 12.4. The minimum absolute atomic E-state index is 0.0631. The highest BCUT2D eigenvalue weighted by Gasteiger charge is 2.14. The van der Waals surface area contributed by atoms with Gasteiger partial charge in [0.25, 0.3) is 5.69 Å². The first-order valence-electron chi connectivity index (χ1n) is 5.05. The maximum absolute atomic E-state index is 13.5. The number of pyridine rings is 1. The van der Waals surface area contributed by atoms with Crippen molar-refractivity contribution >= 4 is 17.3 Å². The Morgan fingerprint density at radius 2 is 2.11 bits per heavy atom. The summed E-state index contributed by atoms with van der Waals surface area (Å²) in [6, 6.07) is 5.86. The third-order valence-electron chi connectivity index (χ3n) is 2.52. The second-order valence-electron chi connectivity index (χ2n) is 3.75. The molecule has 0 atom stereocenters. The maximum atomic E-state index is 13.5. The molecule has 18 heavy (non-hydrogen) atoms. The number of rotatable bonds is 2. The molecule has 1 aromatic heterocycles. The second kappa shape index (κ2) is 4.70. The number of aryl methyl sites for hydroxylation is 1. The molecule has 0 spiro atoms. The van der Waals surface area contributed by atoms with E-state index in [1.54, 1.807) is 19.1 Å². The number of hydrogen-bond acceptors (Lipinski definition) is 3. The van der Waals surface area contributed by atoms with Crippen LogP contribution in [-0.4, -0.2) is 9.91 Å². The lowest BCUT2D eigenvalue weighted by Crippen LogP contribution is -1.94. The summed E-state index contributed by atoms with van der Waals surface area (Å²) in [5, 5.41) is 11.1. The van der Waals surface area contributed by atoms with E-state index in [4.69, 9.17) is 11.6 Å². The predicted octanol–water partition coefficient (Wildman–Crippen LogP) is 3.76. The number of nitrogens with zero attached hydrogens (tertiary/aromatic N) is 2. The molecule has 2 rings (SSSR count). The van der Waals surface area contributed by atoms with Gasteiger partial charge in [-0.15, -0.1) is 0 Å². The highest BCUT2D eigenvalue weighted by atomic mass is 35.5. The monoisotopic (exact) mass is 266 g/mol. The van der Waals surface area contributed by atoms with Gasteiger partial charge in [-0.25, -0.2) is 4.98 Å². The van der Waals surface area contributed by atoms with Crippen LogP contribution in [0.5, 0.6) is 0 Å². The highest BCUT2D eigenvalue weighted by molar-refractivity contribution is 6.30. The topological polar surface area (TPSA) is 56.0 Å². The van der Waals surface area contributed by atoms with E-state index in [9.17, 15) is 14.5 Å². The van der Waals surface area contributed by atoms with Gasteiger partial charge in [0.15, 0.2) is 0 Å². The standard InChI is InChI=1S/C12H8ClFN2O2/c1-7-2-3-8(4-11(7)16(17)18)10-5-9(13)6-15-12(10)14/h2-6H,1H3. The molecule has 0 aliphatic heterocycles. The molecule has 0 saturated carbocycles. The summed E-state index contributed by atoms with van der Waals surface area (Å²) in [6.45, 7) is 1.62. The van der Waals surface area contributed by atoms with Crippen LogP contribution in [0.3, 0.4) is 0 Å². The summed E-state index contributed by atoms with van der Waals surface area (Å²) in [7, 11) is 0. The Morgan fingerprint density at radius 1 is 1.39 bits per heavy atom. The third kappa shape index (κ3) is 2.31. The van der Waals surface area contributed by atoms with E-state index in [0.29, 0.717) is 11.1 Å². The van der Waals surface area contributed by atoms with Crippen LogP contribution < -0.4 is 0 Å². The minimum atomic E-state index is -0.711. The van der Waals surface area contributed by atoms with Gasteiger partial charge in [0.1, 0.15) is 0 Å². The van der Waals surface area contributed by atoms with Crippen LogP contribution in [-0.2, 0) is 0 Å². The van der Waals surface area contributed by atoms with E-state index in [1.807, 2.05) is 0 Å². The quantitative estimate of drug-likeness (QED) is 0.472. The summed E-state index contributed by atoms with van der Waals surface area (Å²) in [4.78, 5) is 13.8. The molecule has 0 amide bonds. The summed E-state index contributed by atoms with van der Waals surface area (Å²) in [5.74, 6) is -0.711. The van der Waals surface area contributed by atoms with Crippen molar-refractivity contribution in [1.82, 2.24) is 4.98 Å². The molecule has 1 heterocycles. The van der Waals surface area contributed by atoms with Crippen LogP contribution in [0.4, 0.5) is 10.1 Å². The van der Waals surface area contributed by atoms with Crippen LogP contribution in [0.25, 0.3) is 11.1 Å². The molecule has 1 aromatic carbocycles. The summed E-state index contributed by atoms with van der Waals surface area (Å²) in [6.07, 6.45) is 1.18. The van der Waals surface area contributed by atoms with Gasteiger partial charge in [-0.05, 0) is 18.6 Å². The number of hydrogen-bond donors (Lipinski definition) is 0. The maximum Gasteiger partial charge on any atom is 0.272 e. The Labute approximate surface area is 107 Å². The summed E-state index contributed by atoms with van der Waals surface area (Å²) < 4.78 is 13.5. The van der Waals surface area contributed by atoms with Crippen LogP contribution in [0.2, 0.25) is 5.02 Å². The van der Waals surface area contributed by atoms with Gasteiger partial charge in [-0.3, -0.25) is 10.1 Å². The predicted molar refractivity (Wildman–Crippen MR) is 66.0 cm³/mol. The molecule has 92 valence electrons. The van der Waals surface area contributed by atoms with E-state index in [0.717, 1.165) is 0 Å². The third-order valence-corrected chi connectivity index (χ3v) is 2.73. The van der Waals surface area contributed by atoms with Gasteiger partial charge in [0, 0.05) is 23.4 Å². The summed E-state index contributed by atoms with van der Waals surface area (Å²) in [5.41, 5.74) is 0.969. The molecule has 0 saturated heterocycles. The van der Waals surface area contributed by atoms with E-state index in [2.05, 4.69) is 4.98 Å². The fourth-order valence-corrected chi connectivity index (χ4v) is 1.76. The zero-order chi connectivity index (χ0) is 13.3. The normalized spacial score (nSPS) is 10.4. The molecular formula is C12H8ClFN2O2. The molecule has 0 radical (unpaired) electrons. The number of nitro benzene ring substituents is 1. The van der Waals surface area contributed by atoms with Crippen molar-refractivity contribution in [3.8, 4) is 11.1 Å². The highest BCUT2D eigenvalue weighted by Crippen LogP contribution is 2.29. The number of halogens is 2. The van der Waals surface area contributed by atoms with Gasteiger partial charge in [-0.1, -0.05) is 23.7 Å². The fraction of sp³-hybridized carbons (Fsp3) is 0.0833. The van der Waals surface area contributed by atoms with Gasteiger partial charge in [0.05, 0.1) is 9.95 Å². The van der Waals surface area contributed by atoms with Crippen LogP contribution in [0.1, 0.15) is 5.56 Å². The Morgan fingerprint density at radius 3 is 2.78 bits per heavy atom.